The van der Waals surface area contributed by atoms with Crippen LogP contribution in [0.4, 0.5) is 15.8 Å². The highest BCUT2D eigenvalue weighted by Gasteiger charge is 2.59. The summed E-state index contributed by atoms with van der Waals surface area (Å²) in [6.07, 6.45) is 3.13. The fourth-order valence-electron chi connectivity index (χ4n) is 3.62. The number of carbonyl (C=O) groups excluding carboxylic acids is 3. The van der Waals surface area contributed by atoms with Gasteiger partial charge in [0.15, 0.2) is 0 Å². The van der Waals surface area contributed by atoms with Crippen molar-refractivity contribution in [3.8, 4) is 0 Å². The van der Waals surface area contributed by atoms with E-state index in [1.165, 1.54) is 53.5 Å². The van der Waals surface area contributed by atoms with Crippen molar-refractivity contribution < 1.29 is 18.8 Å². The molecule has 7 nitrogen and oxygen atoms in total. The lowest BCUT2D eigenvalue weighted by molar-refractivity contribution is -0.128. The Labute approximate surface area is 148 Å². The number of carbonyl (C=O) groups is 3. The van der Waals surface area contributed by atoms with Gasteiger partial charge in [0, 0.05) is 31.8 Å². The van der Waals surface area contributed by atoms with Crippen molar-refractivity contribution in [2.24, 2.45) is 0 Å². The Kier molecular flexibility index (Phi) is 3.50. The fraction of sp³-hybridized carbons (Fsp3) is 0.222. The summed E-state index contributed by atoms with van der Waals surface area (Å²) in [7, 11) is 1.49. The maximum atomic E-state index is 13.4. The third kappa shape index (κ3) is 2.11. The highest BCUT2D eigenvalue weighted by atomic mass is 19.1. The van der Waals surface area contributed by atoms with Crippen LogP contribution in [0.2, 0.25) is 0 Å². The molecule has 26 heavy (non-hydrogen) atoms. The van der Waals surface area contributed by atoms with Crippen molar-refractivity contribution in [1.82, 2.24) is 9.88 Å². The van der Waals surface area contributed by atoms with Gasteiger partial charge in [-0.3, -0.25) is 24.3 Å². The Balaban J connectivity index is 1.81. The number of rotatable bonds is 2. The van der Waals surface area contributed by atoms with Crippen molar-refractivity contribution in [3.63, 3.8) is 0 Å². The van der Waals surface area contributed by atoms with E-state index in [0.29, 0.717) is 11.3 Å². The van der Waals surface area contributed by atoms with E-state index in [-0.39, 0.29) is 30.3 Å². The third-order valence-corrected chi connectivity index (χ3v) is 4.88. The molecule has 3 heterocycles. The molecular weight excluding hydrogens is 339 g/mol. The van der Waals surface area contributed by atoms with E-state index >= 15 is 0 Å². The Bertz CT molecular complexity index is 948. The van der Waals surface area contributed by atoms with Gasteiger partial charge in [0.05, 0.1) is 17.4 Å². The number of aromatic nitrogens is 1. The van der Waals surface area contributed by atoms with Gasteiger partial charge < -0.3 is 10.2 Å². The lowest BCUT2D eigenvalue weighted by Gasteiger charge is -2.47. The van der Waals surface area contributed by atoms with Gasteiger partial charge in [0.25, 0.3) is 11.8 Å². The molecule has 2 aliphatic heterocycles. The molecule has 1 unspecified atom stereocenters. The highest BCUT2D eigenvalue weighted by molar-refractivity contribution is 6.18. The number of hydrogen-bond donors (Lipinski definition) is 1. The maximum absolute atomic E-state index is 13.4. The van der Waals surface area contributed by atoms with E-state index in [1.807, 2.05) is 0 Å². The molecule has 0 saturated carbocycles. The predicted octanol–water partition coefficient (Wildman–Crippen LogP) is 1.77. The van der Waals surface area contributed by atoms with Crippen LogP contribution in [-0.4, -0.2) is 40.3 Å². The molecule has 132 valence electrons. The Morgan fingerprint density at radius 3 is 2.88 bits per heavy atom. The third-order valence-electron chi connectivity index (χ3n) is 4.88. The molecule has 2 aliphatic rings. The van der Waals surface area contributed by atoms with E-state index in [2.05, 4.69) is 10.3 Å². The van der Waals surface area contributed by atoms with Crippen LogP contribution in [0.25, 0.3) is 0 Å². The second-order valence-electron chi connectivity index (χ2n) is 6.27. The summed E-state index contributed by atoms with van der Waals surface area (Å²) in [5.41, 5.74) is -0.628. The van der Waals surface area contributed by atoms with Gasteiger partial charge in [-0.1, -0.05) is 6.07 Å². The van der Waals surface area contributed by atoms with Crippen molar-refractivity contribution >= 4 is 29.1 Å². The number of nitrogens with zero attached hydrogens (tertiary/aromatic N) is 3. The summed E-state index contributed by atoms with van der Waals surface area (Å²) in [6, 6.07) is 6.97. The minimum atomic E-state index is -1.50. The van der Waals surface area contributed by atoms with Crippen LogP contribution in [0.3, 0.4) is 0 Å². The van der Waals surface area contributed by atoms with E-state index < -0.39 is 17.4 Å². The molecule has 1 N–H and O–H groups in total. The van der Waals surface area contributed by atoms with E-state index in [4.69, 9.17) is 0 Å². The van der Waals surface area contributed by atoms with Gasteiger partial charge in [0.2, 0.25) is 11.6 Å². The molecule has 0 aliphatic carbocycles. The first-order chi connectivity index (χ1) is 12.4. The molecule has 0 spiro atoms. The molecule has 0 radical (unpaired) electrons. The number of anilines is 2. The molecule has 3 amide bonds. The van der Waals surface area contributed by atoms with Crippen molar-refractivity contribution in [2.45, 2.75) is 18.5 Å². The Hall–Kier alpha value is -3.29. The van der Waals surface area contributed by atoms with Crippen LogP contribution in [0, 0.1) is 5.82 Å². The standard InChI is InChI=1S/C18H15FN4O3/c1-22-16(25)13-6-8-20-10-14(13)23-15(24)5-7-18(22,23)17(26)21-12-4-2-3-11(19)9-12/h2-4,6,8-10H,5,7H2,1H3,(H,21,26). The molecule has 0 bridgehead atoms. The summed E-state index contributed by atoms with van der Waals surface area (Å²) in [5, 5.41) is 2.63. The normalized spacial score (nSPS) is 21.5. The topological polar surface area (TPSA) is 82.6 Å². The first kappa shape index (κ1) is 16.2. The fourth-order valence-corrected chi connectivity index (χ4v) is 3.62. The van der Waals surface area contributed by atoms with Gasteiger partial charge in [0.1, 0.15) is 5.82 Å². The van der Waals surface area contributed by atoms with Crippen molar-refractivity contribution in [3.05, 3.63) is 54.1 Å². The van der Waals surface area contributed by atoms with Gasteiger partial charge in [-0.2, -0.15) is 0 Å². The van der Waals surface area contributed by atoms with E-state index in [1.54, 1.807) is 6.07 Å². The Morgan fingerprint density at radius 2 is 2.12 bits per heavy atom. The van der Waals surface area contributed by atoms with E-state index in [0.717, 1.165) is 0 Å². The van der Waals surface area contributed by atoms with Crippen molar-refractivity contribution in [2.75, 3.05) is 17.3 Å². The van der Waals surface area contributed by atoms with Gasteiger partial charge in [-0.05, 0) is 24.3 Å². The second-order valence-corrected chi connectivity index (χ2v) is 6.27. The number of nitrogens with one attached hydrogen (secondary N) is 1. The molecule has 1 aromatic heterocycles. The molecule has 1 fully saturated rings. The maximum Gasteiger partial charge on any atom is 0.271 e. The zero-order valence-electron chi connectivity index (χ0n) is 13.9. The number of benzene rings is 1. The van der Waals surface area contributed by atoms with E-state index in [9.17, 15) is 18.8 Å². The first-order valence-corrected chi connectivity index (χ1v) is 8.07. The Morgan fingerprint density at radius 1 is 1.31 bits per heavy atom. The number of amides is 3. The van der Waals surface area contributed by atoms with Crippen LogP contribution in [0.5, 0.6) is 0 Å². The van der Waals surface area contributed by atoms with Crippen LogP contribution in [-0.2, 0) is 9.59 Å². The van der Waals surface area contributed by atoms with Gasteiger partial charge in [-0.15, -0.1) is 0 Å². The minimum absolute atomic E-state index is 0.114. The molecule has 2 aromatic rings. The zero-order valence-corrected chi connectivity index (χ0v) is 13.9. The highest BCUT2D eigenvalue weighted by Crippen LogP contribution is 2.43. The summed E-state index contributed by atoms with van der Waals surface area (Å²) in [5.74, 6) is -1.71. The molecule has 1 saturated heterocycles. The van der Waals surface area contributed by atoms with Crippen molar-refractivity contribution in [1.29, 1.82) is 0 Å². The molecule has 1 aromatic carbocycles. The van der Waals surface area contributed by atoms with Crippen LogP contribution >= 0.6 is 0 Å². The first-order valence-electron chi connectivity index (χ1n) is 8.07. The summed E-state index contributed by atoms with van der Waals surface area (Å²) >= 11 is 0. The van der Waals surface area contributed by atoms with Crippen LogP contribution in [0.15, 0.2) is 42.7 Å². The lowest BCUT2D eigenvalue weighted by Crippen LogP contribution is -2.68. The molecule has 1 atom stereocenters. The minimum Gasteiger partial charge on any atom is -0.322 e. The summed E-state index contributed by atoms with van der Waals surface area (Å²) in [4.78, 5) is 45.1. The second kappa shape index (κ2) is 5.62. The number of hydrogen-bond acceptors (Lipinski definition) is 4. The molecular formula is C18H15FN4O3. The molecule has 8 heteroatoms. The van der Waals surface area contributed by atoms with Crippen LogP contribution in [0.1, 0.15) is 23.2 Å². The number of halogens is 1. The lowest BCUT2D eigenvalue weighted by atomic mass is 9.97. The summed E-state index contributed by atoms with van der Waals surface area (Å²) in [6.45, 7) is 0. The molecule has 4 rings (SSSR count). The monoisotopic (exact) mass is 354 g/mol. The number of likely N-dealkylation sites (N-methyl/N-ethyl adjacent to an activating group) is 1. The SMILES string of the molecule is CN1C(=O)c2ccncc2N2C(=O)CCC12C(=O)Nc1cccc(F)c1. The van der Waals surface area contributed by atoms with Gasteiger partial charge >= 0.3 is 0 Å². The predicted molar refractivity (Wildman–Crippen MR) is 90.8 cm³/mol. The zero-order chi connectivity index (χ0) is 18.5. The average Bonchev–Trinajstić information content (AvgIpc) is 2.98. The van der Waals surface area contributed by atoms with Gasteiger partial charge in [-0.25, -0.2) is 4.39 Å². The summed E-state index contributed by atoms with van der Waals surface area (Å²) < 4.78 is 13.4. The quantitative estimate of drug-likeness (QED) is 0.891. The number of fused-ring (bicyclic) bond motifs is 3. The smallest absolute Gasteiger partial charge is 0.271 e. The van der Waals surface area contributed by atoms with Crippen LogP contribution < -0.4 is 10.2 Å². The largest absolute Gasteiger partial charge is 0.322 e. The average molecular weight is 354 g/mol. The number of pyridine rings is 1.